The van der Waals surface area contributed by atoms with Crippen molar-refractivity contribution in [2.24, 2.45) is 0 Å². The van der Waals surface area contributed by atoms with E-state index >= 15 is 0 Å². The van der Waals surface area contributed by atoms with Gasteiger partial charge in [-0.2, -0.15) is 11.3 Å². The third kappa shape index (κ3) is 4.08. The number of thiophene rings is 1. The van der Waals surface area contributed by atoms with Crippen LogP contribution in [0.4, 0.5) is 0 Å². The van der Waals surface area contributed by atoms with Gasteiger partial charge in [0.15, 0.2) is 0 Å². The molecular formula is C15H17NO3S. The van der Waals surface area contributed by atoms with Crippen molar-refractivity contribution in [3.05, 3.63) is 51.7 Å². The zero-order valence-electron chi connectivity index (χ0n) is 11.3. The fourth-order valence-corrected chi connectivity index (χ4v) is 2.58. The van der Waals surface area contributed by atoms with E-state index < -0.39 is 5.97 Å². The van der Waals surface area contributed by atoms with Gasteiger partial charge in [-0.05, 0) is 53.1 Å². The maximum absolute atomic E-state index is 10.7. The zero-order chi connectivity index (χ0) is 14.4. The lowest BCUT2D eigenvalue weighted by Gasteiger charge is -2.07. The van der Waals surface area contributed by atoms with E-state index in [-0.39, 0.29) is 5.56 Å². The van der Waals surface area contributed by atoms with Gasteiger partial charge in [0.2, 0.25) is 0 Å². The number of carbonyl (C=O) groups is 1. The number of aromatic carboxylic acids is 1. The molecule has 5 heteroatoms. The molecule has 0 aliphatic rings. The predicted molar refractivity (Wildman–Crippen MR) is 79.7 cm³/mol. The van der Waals surface area contributed by atoms with Crippen molar-refractivity contribution < 1.29 is 14.6 Å². The normalized spacial score (nSPS) is 10.4. The summed E-state index contributed by atoms with van der Waals surface area (Å²) in [6.45, 7) is 4.25. The molecule has 0 atom stereocenters. The Hall–Kier alpha value is -1.85. The van der Waals surface area contributed by atoms with Crippen LogP contribution in [0.3, 0.4) is 0 Å². The number of ether oxygens (including phenoxy) is 1. The molecule has 0 fully saturated rings. The highest BCUT2D eigenvalue weighted by Crippen LogP contribution is 2.13. The van der Waals surface area contributed by atoms with Gasteiger partial charge in [-0.3, -0.25) is 0 Å². The molecule has 0 amide bonds. The highest BCUT2D eigenvalue weighted by Gasteiger charge is 2.02. The number of aryl methyl sites for hydroxylation is 1. The largest absolute Gasteiger partial charge is 0.492 e. The fourth-order valence-electron chi connectivity index (χ4n) is 1.73. The Morgan fingerprint density at radius 3 is 2.65 bits per heavy atom. The smallest absolute Gasteiger partial charge is 0.335 e. The van der Waals surface area contributed by atoms with Gasteiger partial charge in [-0.15, -0.1) is 0 Å². The second-order valence-corrected chi connectivity index (χ2v) is 5.18. The van der Waals surface area contributed by atoms with Crippen molar-refractivity contribution in [2.75, 3.05) is 13.2 Å². The Morgan fingerprint density at radius 2 is 2.05 bits per heavy atom. The molecule has 2 aromatic rings. The molecule has 0 aliphatic heterocycles. The van der Waals surface area contributed by atoms with Crippen molar-refractivity contribution in [2.45, 2.75) is 13.5 Å². The first-order chi connectivity index (χ1) is 9.66. The Balaban J connectivity index is 1.68. The Morgan fingerprint density at radius 1 is 1.30 bits per heavy atom. The molecule has 2 N–H and O–H groups in total. The lowest BCUT2D eigenvalue weighted by Crippen LogP contribution is -2.20. The van der Waals surface area contributed by atoms with Crippen molar-refractivity contribution in [3.63, 3.8) is 0 Å². The van der Waals surface area contributed by atoms with Crippen molar-refractivity contribution in [3.8, 4) is 5.75 Å². The zero-order valence-corrected chi connectivity index (χ0v) is 12.1. The number of rotatable bonds is 7. The van der Waals surface area contributed by atoms with E-state index in [1.807, 2.05) is 0 Å². The van der Waals surface area contributed by atoms with Gasteiger partial charge in [0.25, 0.3) is 0 Å². The average molecular weight is 291 g/mol. The molecule has 0 aliphatic carbocycles. The number of hydrogen-bond donors (Lipinski definition) is 2. The minimum Gasteiger partial charge on any atom is -0.492 e. The minimum absolute atomic E-state index is 0.267. The van der Waals surface area contributed by atoms with Crippen LogP contribution in [-0.2, 0) is 6.54 Å². The highest BCUT2D eigenvalue weighted by molar-refractivity contribution is 7.08. The first kappa shape index (κ1) is 14.6. The van der Waals surface area contributed by atoms with Gasteiger partial charge < -0.3 is 15.2 Å². The summed E-state index contributed by atoms with van der Waals surface area (Å²) in [6.07, 6.45) is 0. The van der Waals surface area contributed by atoms with E-state index in [9.17, 15) is 4.79 Å². The third-order valence-electron chi connectivity index (χ3n) is 2.93. The molecule has 0 unspecified atom stereocenters. The maximum Gasteiger partial charge on any atom is 0.335 e. The first-order valence-corrected chi connectivity index (χ1v) is 7.29. The lowest BCUT2D eigenvalue weighted by molar-refractivity contribution is 0.0697. The summed E-state index contributed by atoms with van der Waals surface area (Å²) in [5.74, 6) is -0.243. The SMILES string of the molecule is Cc1cscc1CNCCOc1ccc(C(=O)O)cc1. The van der Waals surface area contributed by atoms with Gasteiger partial charge in [-0.1, -0.05) is 0 Å². The van der Waals surface area contributed by atoms with Gasteiger partial charge >= 0.3 is 5.97 Å². The lowest BCUT2D eigenvalue weighted by atomic mass is 10.2. The van der Waals surface area contributed by atoms with Crippen LogP contribution in [0.1, 0.15) is 21.5 Å². The van der Waals surface area contributed by atoms with Crippen LogP contribution < -0.4 is 10.1 Å². The average Bonchev–Trinajstić information content (AvgIpc) is 2.84. The molecule has 4 nitrogen and oxygen atoms in total. The maximum atomic E-state index is 10.7. The number of benzene rings is 1. The summed E-state index contributed by atoms with van der Waals surface area (Å²) in [4.78, 5) is 10.7. The molecule has 1 aromatic carbocycles. The number of carboxylic acids is 1. The van der Waals surface area contributed by atoms with Crippen molar-refractivity contribution >= 4 is 17.3 Å². The summed E-state index contributed by atoms with van der Waals surface area (Å²) < 4.78 is 5.54. The number of nitrogens with one attached hydrogen (secondary N) is 1. The van der Waals surface area contributed by atoms with Crippen LogP contribution in [0.5, 0.6) is 5.75 Å². The highest BCUT2D eigenvalue weighted by atomic mass is 32.1. The summed E-state index contributed by atoms with van der Waals surface area (Å²) in [5.41, 5.74) is 2.90. The summed E-state index contributed by atoms with van der Waals surface area (Å²) in [6, 6.07) is 6.43. The summed E-state index contributed by atoms with van der Waals surface area (Å²) in [7, 11) is 0. The molecular weight excluding hydrogens is 274 g/mol. The van der Waals surface area contributed by atoms with Crippen LogP contribution >= 0.6 is 11.3 Å². The molecule has 0 saturated heterocycles. The predicted octanol–water partition coefficient (Wildman–Crippen LogP) is 2.92. The first-order valence-electron chi connectivity index (χ1n) is 6.35. The Bertz CT molecular complexity index is 563. The van der Waals surface area contributed by atoms with Crippen molar-refractivity contribution in [1.29, 1.82) is 0 Å². The molecule has 0 spiro atoms. The quantitative estimate of drug-likeness (QED) is 0.770. The van der Waals surface area contributed by atoms with Crippen LogP contribution in [0.15, 0.2) is 35.0 Å². The molecule has 0 radical (unpaired) electrons. The van der Waals surface area contributed by atoms with Crippen molar-refractivity contribution in [1.82, 2.24) is 5.32 Å². The van der Waals surface area contributed by atoms with Gasteiger partial charge in [0.1, 0.15) is 12.4 Å². The van der Waals surface area contributed by atoms with Gasteiger partial charge in [0.05, 0.1) is 5.56 Å². The van der Waals surface area contributed by atoms with Crippen LogP contribution in [0.2, 0.25) is 0 Å². The molecule has 20 heavy (non-hydrogen) atoms. The number of hydrogen-bond acceptors (Lipinski definition) is 4. The second kappa shape index (κ2) is 7.07. The number of carboxylic acid groups (broad SMARTS) is 1. The summed E-state index contributed by atoms with van der Waals surface area (Å²) >= 11 is 1.71. The van der Waals surface area contributed by atoms with Crippen LogP contribution in [0, 0.1) is 6.92 Å². The van der Waals surface area contributed by atoms with Crippen LogP contribution in [-0.4, -0.2) is 24.2 Å². The third-order valence-corrected chi connectivity index (χ3v) is 3.84. The van der Waals surface area contributed by atoms with E-state index in [2.05, 4.69) is 23.0 Å². The topological polar surface area (TPSA) is 58.6 Å². The fraction of sp³-hybridized carbons (Fsp3) is 0.267. The minimum atomic E-state index is -0.927. The van der Waals surface area contributed by atoms with E-state index in [0.717, 1.165) is 13.1 Å². The van der Waals surface area contributed by atoms with E-state index in [0.29, 0.717) is 12.4 Å². The van der Waals surface area contributed by atoms with E-state index in [4.69, 9.17) is 9.84 Å². The van der Waals surface area contributed by atoms with Gasteiger partial charge in [0, 0.05) is 13.1 Å². The Labute approximate surface area is 122 Å². The van der Waals surface area contributed by atoms with E-state index in [1.165, 1.54) is 11.1 Å². The molecule has 0 saturated carbocycles. The van der Waals surface area contributed by atoms with Crippen LogP contribution in [0.25, 0.3) is 0 Å². The molecule has 1 aromatic heterocycles. The molecule has 1 heterocycles. The molecule has 0 bridgehead atoms. The summed E-state index contributed by atoms with van der Waals surface area (Å²) in [5, 5.41) is 16.4. The second-order valence-electron chi connectivity index (χ2n) is 4.43. The van der Waals surface area contributed by atoms with Gasteiger partial charge in [-0.25, -0.2) is 4.79 Å². The molecule has 106 valence electrons. The molecule has 2 rings (SSSR count). The van der Waals surface area contributed by atoms with E-state index in [1.54, 1.807) is 35.6 Å². The monoisotopic (exact) mass is 291 g/mol. The Kier molecular flexibility index (Phi) is 5.15. The standard InChI is InChI=1S/C15H17NO3S/c1-11-9-20-10-13(11)8-16-6-7-19-14-4-2-12(3-5-14)15(17)18/h2-5,9-10,16H,6-8H2,1H3,(H,17,18).